The third-order valence-electron chi connectivity index (χ3n) is 1.65. The third kappa shape index (κ3) is 1.89. The highest BCUT2D eigenvalue weighted by Crippen LogP contribution is 2.32. The zero-order valence-electron chi connectivity index (χ0n) is 7.03. The first-order valence-electron chi connectivity index (χ1n) is 3.51. The first kappa shape index (κ1) is 11.4. The Balaban J connectivity index is 3.63. The van der Waals surface area contributed by atoms with Gasteiger partial charge in [-0.15, -0.1) is 0 Å². The fourth-order valence-corrected chi connectivity index (χ4v) is 1.40. The number of carboxylic acid groups (broad SMARTS) is 1. The van der Waals surface area contributed by atoms with Crippen molar-refractivity contribution in [2.24, 2.45) is 0 Å². The van der Waals surface area contributed by atoms with E-state index in [1.807, 2.05) is 0 Å². The molecule has 0 saturated carbocycles. The van der Waals surface area contributed by atoms with Gasteiger partial charge in [-0.1, -0.05) is 0 Å². The fourth-order valence-electron chi connectivity index (χ4n) is 0.987. The van der Waals surface area contributed by atoms with Crippen LogP contribution in [0.3, 0.4) is 0 Å². The predicted molar refractivity (Wildman–Crippen MR) is 52.1 cm³/mol. The molecule has 0 radical (unpaired) electrons. The number of benzene rings is 1. The van der Waals surface area contributed by atoms with Crippen LogP contribution in [0, 0.1) is 15.9 Å². The van der Waals surface area contributed by atoms with Crippen molar-refractivity contribution >= 4 is 33.3 Å². The Kier molecular flexibility index (Phi) is 2.89. The molecular weight excluding hydrogens is 275 g/mol. The molecule has 8 heteroatoms. The number of carbonyl (C=O) groups is 1. The van der Waals surface area contributed by atoms with Gasteiger partial charge in [0.2, 0.25) is 0 Å². The van der Waals surface area contributed by atoms with Crippen molar-refractivity contribution in [1.82, 2.24) is 0 Å². The number of aromatic carboxylic acids is 1. The number of hydrogen-bond donors (Lipinski definition) is 2. The number of nitro groups is 1. The van der Waals surface area contributed by atoms with Gasteiger partial charge in [0.15, 0.2) is 5.82 Å². The van der Waals surface area contributed by atoms with Gasteiger partial charge in [-0.05, 0) is 15.9 Å². The molecule has 1 rings (SSSR count). The molecule has 1 aromatic carbocycles. The van der Waals surface area contributed by atoms with Gasteiger partial charge in [-0.3, -0.25) is 10.1 Å². The molecule has 0 unspecified atom stereocenters. The van der Waals surface area contributed by atoms with E-state index in [1.54, 1.807) is 0 Å². The summed E-state index contributed by atoms with van der Waals surface area (Å²) in [4.78, 5) is 20.2. The number of halogens is 2. The minimum atomic E-state index is -1.66. The Hall–Kier alpha value is -1.70. The van der Waals surface area contributed by atoms with Gasteiger partial charge in [0.05, 0.1) is 9.40 Å². The van der Waals surface area contributed by atoms with Gasteiger partial charge in [0.1, 0.15) is 11.3 Å². The highest BCUT2D eigenvalue weighted by Gasteiger charge is 2.26. The number of nitro benzene ring substituents is 1. The molecular formula is C7H4BrFN2O4. The summed E-state index contributed by atoms with van der Waals surface area (Å²) in [5, 5.41) is 19.1. The SMILES string of the molecule is Nc1c([N+](=O)[O-])cc(Br)c(F)c1C(=O)O. The molecule has 0 aromatic heterocycles. The smallest absolute Gasteiger partial charge is 0.341 e. The lowest BCUT2D eigenvalue weighted by Gasteiger charge is -2.04. The molecule has 0 aliphatic carbocycles. The van der Waals surface area contributed by atoms with Crippen LogP contribution in [0.4, 0.5) is 15.8 Å². The molecule has 3 N–H and O–H groups in total. The standard InChI is InChI=1S/C7H4BrFN2O4/c8-2-1-3(11(14)15)6(10)4(5(2)9)7(12)13/h1H,10H2,(H,12,13). The minimum Gasteiger partial charge on any atom is -0.478 e. The zero-order valence-corrected chi connectivity index (χ0v) is 8.62. The number of rotatable bonds is 2. The van der Waals surface area contributed by atoms with E-state index in [-0.39, 0.29) is 4.47 Å². The Bertz CT molecular complexity index is 463. The molecule has 0 bridgehead atoms. The monoisotopic (exact) mass is 278 g/mol. The van der Waals surface area contributed by atoms with E-state index in [4.69, 9.17) is 10.8 Å². The topological polar surface area (TPSA) is 106 Å². The van der Waals surface area contributed by atoms with Crippen LogP contribution in [0.5, 0.6) is 0 Å². The van der Waals surface area contributed by atoms with Gasteiger partial charge in [0, 0.05) is 6.07 Å². The molecule has 0 fully saturated rings. The minimum absolute atomic E-state index is 0.319. The quantitative estimate of drug-likeness (QED) is 0.487. The second-order valence-corrected chi connectivity index (χ2v) is 3.40. The van der Waals surface area contributed by atoms with Crippen molar-refractivity contribution in [1.29, 1.82) is 0 Å². The van der Waals surface area contributed by atoms with Crippen molar-refractivity contribution < 1.29 is 19.2 Å². The second kappa shape index (κ2) is 3.81. The van der Waals surface area contributed by atoms with E-state index in [1.165, 1.54) is 0 Å². The first-order chi connectivity index (χ1) is 6.86. The lowest BCUT2D eigenvalue weighted by atomic mass is 10.1. The van der Waals surface area contributed by atoms with Crippen LogP contribution in [0.1, 0.15) is 10.4 Å². The van der Waals surface area contributed by atoms with Crippen LogP contribution in [0.2, 0.25) is 0 Å². The van der Waals surface area contributed by atoms with E-state index < -0.39 is 33.6 Å². The van der Waals surface area contributed by atoms with Gasteiger partial charge in [-0.25, -0.2) is 9.18 Å². The summed E-state index contributed by atoms with van der Waals surface area (Å²) in [5.41, 5.74) is 2.91. The normalized spacial score (nSPS) is 10.0. The van der Waals surface area contributed by atoms with E-state index in [0.29, 0.717) is 0 Å². The molecule has 80 valence electrons. The molecule has 1 aromatic rings. The van der Waals surface area contributed by atoms with Crippen LogP contribution in [-0.2, 0) is 0 Å². The van der Waals surface area contributed by atoms with Crippen LogP contribution in [0.25, 0.3) is 0 Å². The molecule has 0 atom stereocenters. The molecule has 0 amide bonds. The summed E-state index contributed by atoms with van der Waals surface area (Å²) in [6, 6.07) is 0.817. The van der Waals surface area contributed by atoms with E-state index in [0.717, 1.165) is 6.07 Å². The maximum absolute atomic E-state index is 13.2. The number of nitrogens with zero attached hydrogens (tertiary/aromatic N) is 1. The maximum Gasteiger partial charge on any atom is 0.341 e. The summed E-state index contributed by atoms with van der Waals surface area (Å²) in [5.74, 6) is -2.79. The first-order valence-corrected chi connectivity index (χ1v) is 4.30. The summed E-state index contributed by atoms with van der Waals surface area (Å²) < 4.78 is 12.9. The number of anilines is 1. The lowest BCUT2D eigenvalue weighted by Crippen LogP contribution is -2.09. The average Bonchev–Trinajstić information content (AvgIpc) is 2.10. The highest BCUT2D eigenvalue weighted by molar-refractivity contribution is 9.10. The number of nitrogens with two attached hydrogens (primary N) is 1. The zero-order chi connectivity index (χ0) is 11.7. The van der Waals surface area contributed by atoms with Crippen molar-refractivity contribution in [3.8, 4) is 0 Å². The molecule has 0 saturated heterocycles. The van der Waals surface area contributed by atoms with Crippen molar-refractivity contribution in [3.05, 3.63) is 32.0 Å². The average molecular weight is 279 g/mol. The van der Waals surface area contributed by atoms with E-state index in [9.17, 15) is 19.3 Å². The Morgan fingerprint density at radius 2 is 2.20 bits per heavy atom. The Morgan fingerprint density at radius 3 is 2.60 bits per heavy atom. The van der Waals surface area contributed by atoms with Gasteiger partial charge < -0.3 is 10.8 Å². The van der Waals surface area contributed by atoms with Crippen LogP contribution >= 0.6 is 15.9 Å². The van der Waals surface area contributed by atoms with Crippen LogP contribution in [-0.4, -0.2) is 16.0 Å². The van der Waals surface area contributed by atoms with Gasteiger partial charge in [0.25, 0.3) is 5.69 Å². The summed E-state index contributed by atoms with van der Waals surface area (Å²) >= 11 is 2.67. The second-order valence-electron chi connectivity index (χ2n) is 2.54. The molecule has 6 nitrogen and oxygen atoms in total. The van der Waals surface area contributed by atoms with Gasteiger partial charge >= 0.3 is 5.97 Å². The molecule has 0 spiro atoms. The van der Waals surface area contributed by atoms with Crippen molar-refractivity contribution in [3.63, 3.8) is 0 Å². The third-order valence-corrected chi connectivity index (χ3v) is 2.23. The van der Waals surface area contributed by atoms with E-state index >= 15 is 0 Å². The van der Waals surface area contributed by atoms with Crippen LogP contribution < -0.4 is 5.73 Å². The molecule has 0 aliphatic heterocycles. The van der Waals surface area contributed by atoms with Gasteiger partial charge in [-0.2, -0.15) is 0 Å². The summed E-state index contributed by atoms with van der Waals surface area (Å²) in [7, 11) is 0. The number of carboxylic acids is 1. The Labute approximate surface area is 90.8 Å². The molecule has 15 heavy (non-hydrogen) atoms. The van der Waals surface area contributed by atoms with Crippen LogP contribution in [0.15, 0.2) is 10.5 Å². The molecule has 0 aliphatic rings. The largest absolute Gasteiger partial charge is 0.478 e. The summed E-state index contributed by atoms with van der Waals surface area (Å²) in [6.45, 7) is 0. The highest BCUT2D eigenvalue weighted by atomic mass is 79.9. The number of hydrogen-bond acceptors (Lipinski definition) is 4. The maximum atomic E-state index is 13.2. The fraction of sp³-hybridized carbons (Fsp3) is 0. The van der Waals surface area contributed by atoms with Crippen molar-refractivity contribution in [2.75, 3.05) is 5.73 Å². The van der Waals surface area contributed by atoms with Crippen molar-refractivity contribution in [2.45, 2.75) is 0 Å². The summed E-state index contributed by atoms with van der Waals surface area (Å²) in [6.07, 6.45) is 0. The Morgan fingerprint density at radius 1 is 1.67 bits per heavy atom. The van der Waals surface area contributed by atoms with E-state index in [2.05, 4.69) is 15.9 Å². The lowest BCUT2D eigenvalue weighted by molar-refractivity contribution is -0.384. The number of nitrogen functional groups attached to an aromatic ring is 1. The predicted octanol–water partition coefficient (Wildman–Crippen LogP) is 1.78. The molecule has 0 heterocycles.